The number of anilines is 1. The van der Waals surface area contributed by atoms with Gasteiger partial charge in [-0.2, -0.15) is 0 Å². The summed E-state index contributed by atoms with van der Waals surface area (Å²) in [4.78, 5) is 39.7. The van der Waals surface area contributed by atoms with Gasteiger partial charge in [-0.1, -0.05) is 66.7 Å². The summed E-state index contributed by atoms with van der Waals surface area (Å²) in [7, 11) is 0. The summed E-state index contributed by atoms with van der Waals surface area (Å²) in [5.41, 5.74) is 4.68. The molecule has 1 aromatic heterocycles. The first kappa shape index (κ1) is 24.7. The highest BCUT2D eigenvalue weighted by atomic mass is 32.2. The van der Waals surface area contributed by atoms with Gasteiger partial charge in [-0.05, 0) is 70.9 Å². The topological polar surface area (TPSA) is 71.4 Å². The highest BCUT2D eigenvalue weighted by Crippen LogP contribution is 2.34. The van der Waals surface area contributed by atoms with Crippen LogP contribution in [0.5, 0.6) is 0 Å². The van der Waals surface area contributed by atoms with Crippen LogP contribution in [-0.2, 0) is 16.1 Å². The number of imide groups is 1. The molecule has 5 aromatic rings. The molecule has 0 radical (unpaired) electrons. The normalized spacial score (nSPS) is 14.6. The van der Waals surface area contributed by atoms with E-state index >= 15 is 0 Å². The number of fused-ring (bicyclic) bond motifs is 2. The molecule has 1 N–H and O–H groups in total. The molecule has 0 aliphatic carbocycles. The van der Waals surface area contributed by atoms with E-state index in [0.717, 1.165) is 38.7 Å². The third-order valence-corrected chi connectivity index (χ3v) is 7.66. The Kier molecular flexibility index (Phi) is 6.50. The minimum Gasteiger partial charge on any atom is -0.342 e. The number of aromatic nitrogens is 1. The molecule has 6 rings (SSSR count). The maximum atomic E-state index is 13.1. The fourth-order valence-electron chi connectivity index (χ4n) is 4.90. The predicted molar refractivity (Wildman–Crippen MR) is 157 cm³/mol. The molecular formula is C32H25N3O3S. The molecular weight excluding hydrogens is 506 g/mol. The molecule has 39 heavy (non-hydrogen) atoms. The number of rotatable bonds is 6. The third-order valence-electron chi connectivity index (χ3n) is 6.75. The summed E-state index contributed by atoms with van der Waals surface area (Å²) in [5, 5.41) is 5.68. The third kappa shape index (κ3) is 5.09. The van der Waals surface area contributed by atoms with Crippen LogP contribution in [0.1, 0.15) is 16.7 Å². The Morgan fingerprint density at radius 2 is 1.69 bits per heavy atom. The SMILES string of the molecule is Cc1cccc(NC(=O)CN2C(=O)SC(=Cc3cn(Cc4ccc5ccccc5c4)c4ccccc34)C2=O)c1. The molecule has 0 unspecified atom stereocenters. The van der Waals surface area contributed by atoms with Crippen molar-refractivity contribution >= 4 is 62.3 Å². The van der Waals surface area contributed by atoms with Crippen LogP contribution in [0.3, 0.4) is 0 Å². The van der Waals surface area contributed by atoms with Crippen molar-refractivity contribution < 1.29 is 14.4 Å². The maximum Gasteiger partial charge on any atom is 0.294 e. The van der Waals surface area contributed by atoms with Gasteiger partial charge in [-0.25, -0.2) is 0 Å². The second-order valence-electron chi connectivity index (χ2n) is 9.60. The number of para-hydroxylation sites is 1. The zero-order valence-electron chi connectivity index (χ0n) is 21.3. The first-order valence-electron chi connectivity index (χ1n) is 12.6. The molecule has 1 fully saturated rings. The molecule has 0 bridgehead atoms. The van der Waals surface area contributed by atoms with E-state index in [1.807, 2.05) is 61.7 Å². The summed E-state index contributed by atoms with van der Waals surface area (Å²) < 4.78 is 2.16. The van der Waals surface area contributed by atoms with Crippen molar-refractivity contribution in [2.75, 3.05) is 11.9 Å². The number of nitrogens with zero attached hydrogens (tertiary/aromatic N) is 2. The van der Waals surface area contributed by atoms with Gasteiger partial charge in [0.1, 0.15) is 6.54 Å². The van der Waals surface area contributed by atoms with Gasteiger partial charge in [0.2, 0.25) is 5.91 Å². The zero-order chi connectivity index (χ0) is 26.9. The second-order valence-corrected chi connectivity index (χ2v) is 10.6. The van der Waals surface area contributed by atoms with Crippen molar-refractivity contribution in [2.24, 2.45) is 0 Å². The average molecular weight is 532 g/mol. The Morgan fingerprint density at radius 1 is 0.897 bits per heavy atom. The van der Waals surface area contributed by atoms with Crippen LogP contribution in [0, 0.1) is 6.92 Å². The lowest BCUT2D eigenvalue weighted by Gasteiger charge is -2.12. The largest absolute Gasteiger partial charge is 0.342 e. The maximum absolute atomic E-state index is 13.1. The summed E-state index contributed by atoms with van der Waals surface area (Å²) in [6.07, 6.45) is 3.76. The van der Waals surface area contributed by atoms with Crippen molar-refractivity contribution in [2.45, 2.75) is 13.5 Å². The number of hydrogen-bond acceptors (Lipinski definition) is 4. The Morgan fingerprint density at radius 3 is 2.54 bits per heavy atom. The summed E-state index contributed by atoms with van der Waals surface area (Å²) in [5.74, 6) is -0.883. The number of benzene rings is 4. The first-order chi connectivity index (χ1) is 18.9. The Balaban J connectivity index is 1.24. The van der Waals surface area contributed by atoms with Gasteiger partial charge in [0.25, 0.3) is 11.1 Å². The molecule has 6 nitrogen and oxygen atoms in total. The van der Waals surface area contributed by atoms with Crippen LogP contribution in [0.25, 0.3) is 27.8 Å². The number of thioether (sulfide) groups is 1. The minimum atomic E-state index is -0.462. The number of nitrogens with one attached hydrogen (secondary N) is 1. The molecule has 2 heterocycles. The number of aryl methyl sites for hydroxylation is 1. The van der Waals surface area contributed by atoms with Crippen LogP contribution in [0.15, 0.2) is 102 Å². The molecule has 0 spiro atoms. The van der Waals surface area contributed by atoms with E-state index in [4.69, 9.17) is 0 Å². The van der Waals surface area contributed by atoms with Gasteiger partial charge in [0.05, 0.1) is 4.91 Å². The Hall–Kier alpha value is -4.62. The van der Waals surface area contributed by atoms with Crippen LogP contribution < -0.4 is 5.32 Å². The van der Waals surface area contributed by atoms with Gasteiger partial charge in [0.15, 0.2) is 0 Å². The smallest absolute Gasteiger partial charge is 0.294 e. The van der Waals surface area contributed by atoms with E-state index in [9.17, 15) is 14.4 Å². The lowest BCUT2D eigenvalue weighted by atomic mass is 10.1. The van der Waals surface area contributed by atoms with Gasteiger partial charge in [-0.15, -0.1) is 0 Å². The summed E-state index contributed by atoms with van der Waals surface area (Å²) in [6.45, 7) is 2.26. The molecule has 192 valence electrons. The minimum absolute atomic E-state index is 0.303. The zero-order valence-corrected chi connectivity index (χ0v) is 22.1. The monoisotopic (exact) mass is 531 g/mol. The van der Waals surface area contributed by atoms with Crippen LogP contribution in [0.2, 0.25) is 0 Å². The molecule has 4 aromatic carbocycles. The summed E-state index contributed by atoms with van der Waals surface area (Å²) in [6, 6.07) is 30.1. The predicted octanol–water partition coefficient (Wildman–Crippen LogP) is 6.83. The Bertz CT molecular complexity index is 1800. The fraction of sp³-hybridized carbons (Fsp3) is 0.0938. The van der Waals surface area contributed by atoms with Gasteiger partial charge in [0, 0.05) is 34.9 Å². The van der Waals surface area contributed by atoms with E-state index in [-0.39, 0.29) is 6.54 Å². The quantitative estimate of drug-likeness (QED) is 0.244. The molecule has 3 amide bonds. The van der Waals surface area contributed by atoms with Crippen molar-refractivity contribution in [1.82, 2.24) is 9.47 Å². The molecule has 0 atom stereocenters. The number of hydrogen-bond donors (Lipinski definition) is 1. The Labute approximate surface area is 229 Å². The standard InChI is InChI=1S/C32H25N3O3S/c1-21-7-6-10-26(15-21)33-30(36)20-35-31(37)29(39-32(35)38)17-25-19-34(28-12-5-4-11-27(25)28)18-22-13-14-23-8-2-3-9-24(23)16-22/h2-17,19H,18,20H2,1H3,(H,33,36). The molecule has 0 saturated carbocycles. The van der Waals surface area contributed by atoms with Crippen molar-refractivity contribution in [1.29, 1.82) is 0 Å². The summed E-state index contributed by atoms with van der Waals surface area (Å²) >= 11 is 0.860. The highest BCUT2D eigenvalue weighted by molar-refractivity contribution is 8.18. The molecule has 1 aliphatic heterocycles. The highest BCUT2D eigenvalue weighted by Gasteiger charge is 2.36. The number of carbonyl (C=O) groups excluding carboxylic acids is 3. The van der Waals surface area contributed by atoms with Gasteiger partial charge in [-0.3, -0.25) is 19.3 Å². The van der Waals surface area contributed by atoms with E-state index < -0.39 is 17.1 Å². The molecule has 7 heteroatoms. The van der Waals surface area contributed by atoms with Crippen molar-refractivity contribution in [3.05, 3.63) is 119 Å². The van der Waals surface area contributed by atoms with E-state index in [1.165, 1.54) is 16.3 Å². The lowest BCUT2D eigenvalue weighted by Crippen LogP contribution is -2.36. The fourth-order valence-corrected chi connectivity index (χ4v) is 5.73. The van der Waals surface area contributed by atoms with Crippen LogP contribution >= 0.6 is 11.8 Å². The first-order valence-corrected chi connectivity index (χ1v) is 13.4. The van der Waals surface area contributed by atoms with Crippen molar-refractivity contribution in [3.63, 3.8) is 0 Å². The number of carbonyl (C=O) groups is 3. The van der Waals surface area contributed by atoms with Crippen LogP contribution in [0.4, 0.5) is 10.5 Å². The van der Waals surface area contributed by atoms with Crippen molar-refractivity contribution in [3.8, 4) is 0 Å². The molecule has 1 aliphatic rings. The van der Waals surface area contributed by atoms with E-state index in [2.05, 4.69) is 46.3 Å². The van der Waals surface area contributed by atoms with Gasteiger partial charge >= 0.3 is 0 Å². The van der Waals surface area contributed by atoms with E-state index in [1.54, 1.807) is 12.1 Å². The number of amides is 3. The van der Waals surface area contributed by atoms with Crippen LogP contribution in [-0.4, -0.2) is 33.1 Å². The molecule has 1 saturated heterocycles. The van der Waals surface area contributed by atoms with Gasteiger partial charge < -0.3 is 9.88 Å². The average Bonchev–Trinajstić information content (AvgIpc) is 3.40. The van der Waals surface area contributed by atoms with E-state index in [0.29, 0.717) is 17.1 Å². The second kappa shape index (κ2) is 10.3. The lowest BCUT2D eigenvalue weighted by molar-refractivity contribution is -0.127.